The molecule has 0 bridgehead atoms. The fourth-order valence-electron chi connectivity index (χ4n) is 1.94. The Morgan fingerprint density at radius 2 is 2.19 bits per heavy atom. The van der Waals surface area contributed by atoms with E-state index in [0.29, 0.717) is 6.54 Å². The van der Waals surface area contributed by atoms with Gasteiger partial charge in [0, 0.05) is 16.6 Å². The van der Waals surface area contributed by atoms with Gasteiger partial charge >= 0.3 is 0 Å². The largest absolute Gasteiger partial charge is 0.394 e. The second kappa shape index (κ2) is 4.82. The molecular formula is C12H15BrFNO. The van der Waals surface area contributed by atoms with Crippen LogP contribution in [0.15, 0.2) is 22.7 Å². The third kappa shape index (κ3) is 2.44. The van der Waals surface area contributed by atoms with Crippen molar-refractivity contribution in [2.45, 2.75) is 31.3 Å². The summed E-state index contributed by atoms with van der Waals surface area (Å²) in [5.41, 5.74) is 0.912. The van der Waals surface area contributed by atoms with Crippen LogP contribution in [0.3, 0.4) is 0 Å². The summed E-state index contributed by atoms with van der Waals surface area (Å²) in [6.07, 6.45) is 3.20. The first-order chi connectivity index (χ1) is 7.65. The van der Waals surface area contributed by atoms with E-state index in [2.05, 4.69) is 21.2 Å². The van der Waals surface area contributed by atoms with E-state index in [9.17, 15) is 9.50 Å². The maximum atomic E-state index is 12.9. The number of aliphatic hydroxyl groups excluding tert-OH is 1. The van der Waals surface area contributed by atoms with Gasteiger partial charge in [0.15, 0.2) is 0 Å². The Bertz CT molecular complexity index is 374. The van der Waals surface area contributed by atoms with E-state index in [0.717, 1.165) is 29.3 Å². The summed E-state index contributed by atoms with van der Waals surface area (Å²) in [5, 5.41) is 12.7. The lowest BCUT2D eigenvalue weighted by molar-refractivity contribution is 0.0871. The molecule has 0 radical (unpaired) electrons. The molecule has 1 aliphatic rings. The van der Waals surface area contributed by atoms with Gasteiger partial charge in [-0.05, 0) is 37.0 Å². The summed E-state index contributed by atoms with van der Waals surface area (Å²) in [6, 6.07) is 4.67. The van der Waals surface area contributed by atoms with Crippen LogP contribution in [-0.4, -0.2) is 17.3 Å². The highest BCUT2D eigenvalue weighted by Gasteiger charge is 2.35. The highest BCUT2D eigenvalue weighted by atomic mass is 79.9. The van der Waals surface area contributed by atoms with Gasteiger partial charge in [-0.2, -0.15) is 0 Å². The Hall–Kier alpha value is -0.450. The van der Waals surface area contributed by atoms with E-state index in [1.165, 1.54) is 12.1 Å². The molecule has 2 N–H and O–H groups in total. The van der Waals surface area contributed by atoms with Gasteiger partial charge in [0.25, 0.3) is 0 Å². The molecule has 1 aromatic rings. The molecule has 0 aliphatic heterocycles. The molecule has 0 unspecified atom stereocenters. The Balaban J connectivity index is 1.99. The van der Waals surface area contributed by atoms with Crippen LogP contribution in [0, 0.1) is 5.82 Å². The van der Waals surface area contributed by atoms with Crippen molar-refractivity contribution in [2.24, 2.45) is 0 Å². The van der Waals surface area contributed by atoms with Crippen LogP contribution >= 0.6 is 15.9 Å². The Kier molecular flexibility index (Phi) is 3.62. The van der Waals surface area contributed by atoms with Crippen molar-refractivity contribution in [3.63, 3.8) is 0 Å². The minimum absolute atomic E-state index is 0.103. The van der Waals surface area contributed by atoms with E-state index in [1.54, 1.807) is 6.07 Å². The monoisotopic (exact) mass is 287 g/mol. The van der Waals surface area contributed by atoms with Crippen LogP contribution in [0.1, 0.15) is 24.8 Å². The van der Waals surface area contributed by atoms with Crippen molar-refractivity contribution in [1.82, 2.24) is 5.32 Å². The van der Waals surface area contributed by atoms with Crippen LogP contribution in [-0.2, 0) is 6.54 Å². The third-order valence-corrected chi connectivity index (χ3v) is 4.02. The van der Waals surface area contributed by atoms with Gasteiger partial charge in [0.1, 0.15) is 5.82 Å². The number of rotatable bonds is 4. The van der Waals surface area contributed by atoms with Gasteiger partial charge in [-0.25, -0.2) is 4.39 Å². The highest BCUT2D eigenvalue weighted by Crippen LogP contribution is 2.32. The van der Waals surface area contributed by atoms with E-state index in [4.69, 9.17) is 0 Å². The number of aliphatic hydroxyl groups is 1. The van der Waals surface area contributed by atoms with Crippen LogP contribution in [0.4, 0.5) is 4.39 Å². The number of hydrogen-bond acceptors (Lipinski definition) is 2. The van der Waals surface area contributed by atoms with E-state index in [-0.39, 0.29) is 18.0 Å². The zero-order valence-corrected chi connectivity index (χ0v) is 10.6. The van der Waals surface area contributed by atoms with Crippen LogP contribution < -0.4 is 5.32 Å². The summed E-state index contributed by atoms with van der Waals surface area (Å²) in [4.78, 5) is 0. The maximum absolute atomic E-state index is 12.9. The third-order valence-electron chi connectivity index (χ3n) is 3.28. The number of nitrogens with one attached hydrogen (secondary N) is 1. The summed E-state index contributed by atoms with van der Waals surface area (Å²) in [5.74, 6) is -0.240. The second-order valence-electron chi connectivity index (χ2n) is 4.38. The Morgan fingerprint density at radius 1 is 1.44 bits per heavy atom. The van der Waals surface area contributed by atoms with Crippen LogP contribution in [0.2, 0.25) is 0 Å². The first kappa shape index (κ1) is 12.0. The summed E-state index contributed by atoms with van der Waals surface area (Å²) >= 11 is 3.33. The molecule has 0 heterocycles. The smallest absolute Gasteiger partial charge is 0.124 e. The molecule has 1 saturated carbocycles. The van der Waals surface area contributed by atoms with E-state index < -0.39 is 0 Å². The van der Waals surface area contributed by atoms with Gasteiger partial charge in [-0.15, -0.1) is 0 Å². The minimum Gasteiger partial charge on any atom is -0.394 e. The highest BCUT2D eigenvalue weighted by molar-refractivity contribution is 9.10. The standard InChI is InChI=1S/C12H15BrFNO/c13-11-6-10(14)3-2-9(11)7-15-12(8-16)4-1-5-12/h2-3,6,15-16H,1,4-5,7-8H2. The van der Waals surface area contributed by atoms with Gasteiger partial charge in [0.2, 0.25) is 0 Å². The molecule has 0 atom stereocenters. The minimum atomic E-state index is -0.240. The summed E-state index contributed by atoms with van der Waals surface area (Å²) in [6.45, 7) is 0.827. The number of benzene rings is 1. The normalized spacial score (nSPS) is 18.2. The Morgan fingerprint density at radius 3 is 2.69 bits per heavy atom. The van der Waals surface area contributed by atoms with Crippen molar-refractivity contribution in [2.75, 3.05) is 6.61 Å². The zero-order chi connectivity index (χ0) is 11.6. The lowest BCUT2D eigenvalue weighted by Gasteiger charge is -2.41. The lowest BCUT2D eigenvalue weighted by atomic mass is 9.77. The molecule has 88 valence electrons. The van der Waals surface area contributed by atoms with Crippen LogP contribution in [0.25, 0.3) is 0 Å². The van der Waals surface area contributed by atoms with Crippen molar-refractivity contribution in [1.29, 1.82) is 0 Å². The molecule has 1 aliphatic carbocycles. The van der Waals surface area contributed by atoms with Gasteiger partial charge < -0.3 is 10.4 Å². The first-order valence-corrected chi connectivity index (χ1v) is 6.24. The molecule has 0 amide bonds. The quantitative estimate of drug-likeness (QED) is 0.892. The molecule has 1 fully saturated rings. The fraction of sp³-hybridized carbons (Fsp3) is 0.500. The van der Waals surface area contributed by atoms with Crippen molar-refractivity contribution in [3.05, 3.63) is 34.1 Å². The van der Waals surface area contributed by atoms with Gasteiger partial charge in [-0.3, -0.25) is 0 Å². The maximum Gasteiger partial charge on any atom is 0.124 e. The first-order valence-electron chi connectivity index (χ1n) is 5.45. The Labute approximate surface area is 103 Å². The molecule has 2 rings (SSSR count). The van der Waals surface area contributed by atoms with E-state index >= 15 is 0 Å². The number of halogens is 2. The average Bonchev–Trinajstić information content (AvgIpc) is 2.19. The fourth-order valence-corrected chi connectivity index (χ4v) is 2.43. The summed E-state index contributed by atoms with van der Waals surface area (Å²) < 4.78 is 13.6. The molecule has 0 saturated heterocycles. The molecule has 16 heavy (non-hydrogen) atoms. The number of hydrogen-bond donors (Lipinski definition) is 2. The molecule has 1 aromatic carbocycles. The predicted molar refractivity (Wildman–Crippen MR) is 64.6 cm³/mol. The van der Waals surface area contributed by atoms with Crippen molar-refractivity contribution < 1.29 is 9.50 Å². The second-order valence-corrected chi connectivity index (χ2v) is 5.24. The van der Waals surface area contributed by atoms with Gasteiger partial charge in [0.05, 0.1) is 6.61 Å². The van der Waals surface area contributed by atoms with E-state index in [1.807, 2.05) is 0 Å². The van der Waals surface area contributed by atoms with Crippen molar-refractivity contribution in [3.8, 4) is 0 Å². The average molecular weight is 288 g/mol. The molecule has 4 heteroatoms. The van der Waals surface area contributed by atoms with Crippen LogP contribution in [0.5, 0.6) is 0 Å². The van der Waals surface area contributed by atoms with Crippen molar-refractivity contribution >= 4 is 15.9 Å². The SMILES string of the molecule is OCC1(NCc2ccc(F)cc2Br)CCC1. The molecule has 0 aromatic heterocycles. The molecule has 0 spiro atoms. The van der Waals surface area contributed by atoms with Gasteiger partial charge in [-0.1, -0.05) is 22.0 Å². The zero-order valence-electron chi connectivity index (χ0n) is 8.97. The molecule has 2 nitrogen and oxygen atoms in total. The lowest BCUT2D eigenvalue weighted by Crippen LogP contribution is -2.53. The summed E-state index contributed by atoms with van der Waals surface area (Å²) in [7, 11) is 0. The predicted octanol–water partition coefficient (Wildman–Crippen LogP) is 2.59. The molecular weight excluding hydrogens is 273 g/mol. The topological polar surface area (TPSA) is 32.3 Å².